The quantitative estimate of drug-likeness (QED) is 0.823. The number of nitrogens with zero attached hydrogens (tertiary/aromatic N) is 4. The molecule has 1 aromatic rings. The number of thiocarbonyl (C=S) groups is 1. The number of nitrogens with two attached hydrogens (primary N) is 1. The van der Waals surface area contributed by atoms with Crippen LogP contribution in [0.4, 0.5) is 0 Å². The van der Waals surface area contributed by atoms with Gasteiger partial charge in [-0.05, 0) is 12.8 Å². The standard InChI is InChI=1S/C12H19N5OS/c1-3-12(4-2,10(13)19)11(18)16-5-6-17-8-14-15-9(17)7-16/h8H,3-7H2,1-2H3,(H2,13,19). The van der Waals surface area contributed by atoms with Crippen LogP contribution in [-0.4, -0.2) is 37.1 Å². The second kappa shape index (κ2) is 5.24. The lowest BCUT2D eigenvalue weighted by atomic mass is 9.80. The Morgan fingerprint density at radius 1 is 1.47 bits per heavy atom. The Morgan fingerprint density at radius 3 is 2.74 bits per heavy atom. The summed E-state index contributed by atoms with van der Waals surface area (Å²) in [5.74, 6) is 0.822. The van der Waals surface area contributed by atoms with Gasteiger partial charge in [0.2, 0.25) is 5.91 Å². The number of amides is 1. The average molecular weight is 281 g/mol. The normalized spacial score (nSPS) is 15.2. The van der Waals surface area contributed by atoms with Crippen LogP contribution >= 0.6 is 12.2 Å². The Hall–Kier alpha value is -1.50. The van der Waals surface area contributed by atoms with Crippen molar-refractivity contribution in [3.63, 3.8) is 0 Å². The van der Waals surface area contributed by atoms with Gasteiger partial charge in [0.1, 0.15) is 6.33 Å². The lowest BCUT2D eigenvalue weighted by Gasteiger charge is -2.36. The Balaban J connectivity index is 2.23. The minimum absolute atomic E-state index is 0.0132. The van der Waals surface area contributed by atoms with Crippen molar-refractivity contribution < 1.29 is 4.79 Å². The summed E-state index contributed by atoms with van der Waals surface area (Å²) in [6.07, 6.45) is 2.94. The molecule has 0 saturated carbocycles. The number of rotatable bonds is 4. The van der Waals surface area contributed by atoms with E-state index < -0.39 is 5.41 Å². The molecule has 1 aromatic heterocycles. The Bertz CT molecular complexity index is 494. The molecule has 0 aromatic carbocycles. The van der Waals surface area contributed by atoms with Gasteiger partial charge in [0, 0.05) is 13.1 Å². The zero-order chi connectivity index (χ0) is 14.0. The van der Waals surface area contributed by atoms with E-state index in [1.807, 2.05) is 18.4 Å². The minimum atomic E-state index is -0.725. The van der Waals surface area contributed by atoms with Gasteiger partial charge in [-0.15, -0.1) is 10.2 Å². The first-order chi connectivity index (χ1) is 9.05. The molecule has 2 N–H and O–H groups in total. The van der Waals surface area contributed by atoms with E-state index in [1.54, 1.807) is 11.2 Å². The largest absolute Gasteiger partial charge is 0.392 e. The van der Waals surface area contributed by atoms with Crippen LogP contribution < -0.4 is 5.73 Å². The summed E-state index contributed by atoms with van der Waals surface area (Å²) >= 11 is 5.13. The summed E-state index contributed by atoms with van der Waals surface area (Å²) in [6, 6.07) is 0. The Morgan fingerprint density at radius 2 is 2.16 bits per heavy atom. The smallest absolute Gasteiger partial charge is 0.236 e. The SMILES string of the molecule is CCC(CC)(C(=O)N1CCn2cnnc2C1)C(N)=S. The molecule has 0 atom stereocenters. The van der Waals surface area contributed by atoms with Crippen molar-refractivity contribution in [3.05, 3.63) is 12.2 Å². The zero-order valence-electron chi connectivity index (χ0n) is 11.3. The molecule has 0 radical (unpaired) electrons. The summed E-state index contributed by atoms with van der Waals surface area (Å²) in [6.45, 7) is 5.74. The van der Waals surface area contributed by atoms with Crippen LogP contribution in [0.2, 0.25) is 0 Å². The number of hydrogen-bond acceptors (Lipinski definition) is 4. The van der Waals surface area contributed by atoms with E-state index in [2.05, 4.69) is 10.2 Å². The fourth-order valence-corrected chi connectivity index (χ4v) is 2.92. The van der Waals surface area contributed by atoms with Crippen LogP contribution in [0.15, 0.2) is 6.33 Å². The molecule has 0 fully saturated rings. The second-order valence-electron chi connectivity index (χ2n) is 4.82. The van der Waals surface area contributed by atoms with Crippen molar-refractivity contribution in [2.45, 2.75) is 39.8 Å². The highest BCUT2D eigenvalue weighted by Crippen LogP contribution is 2.30. The average Bonchev–Trinajstić information content (AvgIpc) is 2.87. The topological polar surface area (TPSA) is 77.0 Å². The van der Waals surface area contributed by atoms with E-state index in [4.69, 9.17) is 18.0 Å². The van der Waals surface area contributed by atoms with Crippen LogP contribution in [0, 0.1) is 5.41 Å². The van der Waals surface area contributed by atoms with E-state index in [9.17, 15) is 4.79 Å². The maximum absolute atomic E-state index is 12.8. The minimum Gasteiger partial charge on any atom is -0.392 e. The summed E-state index contributed by atoms with van der Waals surface area (Å²) in [5, 5.41) is 7.88. The Kier molecular flexibility index (Phi) is 3.84. The molecule has 2 heterocycles. The molecule has 0 bridgehead atoms. The summed E-state index contributed by atoms with van der Waals surface area (Å²) in [7, 11) is 0. The fourth-order valence-electron chi connectivity index (χ4n) is 2.55. The number of carbonyl (C=O) groups excluding carboxylic acids is 1. The van der Waals surface area contributed by atoms with Crippen molar-refractivity contribution >= 4 is 23.1 Å². The summed E-state index contributed by atoms with van der Waals surface area (Å²) < 4.78 is 1.96. The number of fused-ring (bicyclic) bond motifs is 1. The Labute approximate surface area is 118 Å². The number of aromatic nitrogens is 3. The predicted molar refractivity (Wildman–Crippen MR) is 75.2 cm³/mol. The summed E-state index contributed by atoms with van der Waals surface area (Å²) in [4.78, 5) is 14.8. The maximum Gasteiger partial charge on any atom is 0.236 e. The van der Waals surface area contributed by atoms with Gasteiger partial charge in [-0.25, -0.2) is 0 Å². The van der Waals surface area contributed by atoms with Crippen molar-refractivity contribution in [2.75, 3.05) is 6.54 Å². The third kappa shape index (κ3) is 2.22. The van der Waals surface area contributed by atoms with Crippen molar-refractivity contribution in [1.29, 1.82) is 0 Å². The van der Waals surface area contributed by atoms with Gasteiger partial charge >= 0.3 is 0 Å². The molecule has 0 spiro atoms. The van der Waals surface area contributed by atoms with Gasteiger partial charge in [0.05, 0.1) is 16.9 Å². The number of hydrogen-bond donors (Lipinski definition) is 1. The molecule has 1 aliphatic rings. The molecular formula is C12H19N5OS. The van der Waals surface area contributed by atoms with E-state index in [1.165, 1.54) is 0 Å². The fraction of sp³-hybridized carbons (Fsp3) is 0.667. The molecule has 1 amide bonds. The first-order valence-corrected chi connectivity index (χ1v) is 6.92. The lowest BCUT2D eigenvalue weighted by molar-refractivity contribution is -0.140. The lowest BCUT2D eigenvalue weighted by Crippen LogP contribution is -2.51. The highest BCUT2D eigenvalue weighted by Gasteiger charge is 2.41. The second-order valence-corrected chi connectivity index (χ2v) is 5.26. The third-order valence-corrected chi connectivity index (χ3v) is 4.40. The van der Waals surface area contributed by atoms with E-state index in [0.29, 0.717) is 25.9 Å². The van der Waals surface area contributed by atoms with Gasteiger partial charge in [-0.3, -0.25) is 4.79 Å². The zero-order valence-corrected chi connectivity index (χ0v) is 12.1. The molecule has 0 aliphatic carbocycles. The molecule has 6 nitrogen and oxygen atoms in total. The van der Waals surface area contributed by atoms with Crippen molar-refractivity contribution in [3.8, 4) is 0 Å². The number of carbonyl (C=O) groups is 1. The van der Waals surface area contributed by atoms with Crippen molar-refractivity contribution in [2.24, 2.45) is 11.1 Å². The molecule has 1 aliphatic heterocycles. The van der Waals surface area contributed by atoms with Crippen LogP contribution in [0.3, 0.4) is 0 Å². The molecule has 19 heavy (non-hydrogen) atoms. The van der Waals surface area contributed by atoms with Gasteiger partial charge in [0.15, 0.2) is 5.82 Å². The monoisotopic (exact) mass is 281 g/mol. The van der Waals surface area contributed by atoms with E-state index in [-0.39, 0.29) is 10.9 Å². The van der Waals surface area contributed by atoms with Crippen molar-refractivity contribution in [1.82, 2.24) is 19.7 Å². The van der Waals surface area contributed by atoms with Crippen LogP contribution in [0.25, 0.3) is 0 Å². The molecule has 0 saturated heterocycles. The highest BCUT2D eigenvalue weighted by atomic mass is 32.1. The van der Waals surface area contributed by atoms with Crippen LogP contribution in [0.5, 0.6) is 0 Å². The highest BCUT2D eigenvalue weighted by molar-refractivity contribution is 7.80. The van der Waals surface area contributed by atoms with Gasteiger partial charge in [-0.1, -0.05) is 26.1 Å². The summed E-state index contributed by atoms with van der Waals surface area (Å²) in [5.41, 5.74) is 5.10. The predicted octanol–water partition coefficient (Wildman–Crippen LogP) is 0.713. The van der Waals surface area contributed by atoms with Crippen LogP contribution in [-0.2, 0) is 17.9 Å². The first-order valence-electron chi connectivity index (χ1n) is 6.51. The van der Waals surface area contributed by atoms with E-state index >= 15 is 0 Å². The third-order valence-electron chi connectivity index (χ3n) is 4.01. The molecule has 7 heteroatoms. The maximum atomic E-state index is 12.8. The first kappa shape index (κ1) is 13.9. The molecule has 2 rings (SSSR count). The molecular weight excluding hydrogens is 262 g/mol. The van der Waals surface area contributed by atoms with Gasteiger partial charge in [0.25, 0.3) is 0 Å². The molecule has 104 valence electrons. The van der Waals surface area contributed by atoms with Crippen LogP contribution in [0.1, 0.15) is 32.5 Å². The van der Waals surface area contributed by atoms with Gasteiger partial charge in [-0.2, -0.15) is 0 Å². The molecule has 0 unspecified atom stereocenters. The van der Waals surface area contributed by atoms with Gasteiger partial charge < -0.3 is 15.2 Å². The van der Waals surface area contributed by atoms with E-state index in [0.717, 1.165) is 12.4 Å².